The molecule has 0 aliphatic heterocycles. The van der Waals surface area contributed by atoms with Gasteiger partial charge in [0.05, 0.1) is 5.56 Å². The molecule has 1 heterocycles. The predicted molar refractivity (Wildman–Crippen MR) is 99.1 cm³/mol. The lowest BCUT2D eigenvalue weighted by Gasteiger charge is -2.16. The summed E-state index contributed by atoms with van der Waals surface area (Å²) in [6, 6.07) is 10.6. The molecule has 0 radical (unpaired) electrons. The molecule has 4 heteroatoms. The lowest BCUT2D eigenvalue weighted by Crippen LogP contribution is -2.34. The van der Waals surface area contributed by atoms with Crippen molar-refractivity contribution < 1.29 is 4.79 Å². The van der Waals surface area contributed by atoms with Gasteiger partial charge in [0, 0.05) is 27.9 Å². The number of benzene rings is 1. The van der Waals surface area contributed by atoms with E-state index in [-0.39, 0.29) is 11.9 Å². The number of nitrogens with zero attached hydrogens (tertiary/aromatic N) is 1. The molecule has 1 amide bonds. The quantitative estimate of drug-likeness (QED) is 0.797. The van der Waals surface area contributed by atoms with Gasteiger partial charge < -0.3 is 9.88 Å². The minimum atomic E-state index is 0.00890. The highest BCUT2D eigenvalue weighted by molar-refractivity contribution is 9.10. The lowest BCUT2D eigenvalue weighted by molar-refractivity contribution is 0.0939. The van der Waals surface area contributed by atoms with Gasteiger partial charge in [0.2, 0.25) is 0 Å². The first-order valence-electron chi connectivity index (χ1n) is 8.03. The summed E-state index contributed by atoms with van der Waals surface area (Å²) in [7, 11) is 0. The van der Waals surface area contributed by atoms with E-state index in [4.69, 9.17) is 0 Å². The molecule has 1 aromatic heterocycles. The Morgan fingerprint density at radius 3 is 2.30 bits per heavy atom. The Kier molecular flexibility index (Phi) is 5.69. The molecule has 0 spiro atoms. The molecule has 1 N–H and O–H groups in total. The third kappa shape index (κ3) is 4.25. The third-order valence-corrected chi connectivity index (χ3v) is 4.61. The fourth-order valence-corrected chi connectivity index (χ4v) is 3.39. The minimum Gasteiger partial charge on any atom is -0.349 e. The van der Waals surface area contributed by atoms with Gasteiger partial charge in [-0.15, -0.1) is 0 Å². The molecule has 0 saturated heterocycles. The number of halogens is 1. The molecule has 1 aromatic carbocycles. The Morgan fingerprint density at radius 1 is 1.17 bits per heavy atom. The zero-order valence-electron chi connectivity index (χ0n) is 14.5. The van der Waals surface area contributed by atoms with E-state index in [2.05, 4.69) is 58.7 Å². The van der Waals surface area contributed by atoms with E-state index in [9.17, 15) is 4.79 Å². The van der Waals surface area contributed by atoms with Gasteiger partial charge in [-0.1, -0.05) is 28.1 Å². The number of rotatable bonds is 5. The van der Waals surface area contributed by atoms with Crippen molar-refractivity contribution in [1.29, 1.82) is 0 Å². The first-order valence-corrected chi connectivity index (χ1v) is 8.82. The molecule has 124 valence electrons. The molecule has 3 nitrogen and oxygen atoms in total. The molecular weight excluding hydrogens is 352 g/mol. The third-order valence-electron chi connectivity index (χ3n) is 4.08. The molecule has 0 bridgehead atoms. The summed E-state index contributed by atoms with van der Waals surface area (Å²) >= 11 is 3.44. The average molecular weight is 377 g/mol. The van der Waals surface area contributed by atoms with Crippen molar-refractivity contribution in [3.05, 3.63) is 57.3 Å². The highest BCUT2D eigenvalue weighted by atomic mass is 79.9. The molecular formula is C19H25BrN2O. The summed E-state index contributed by atoms with van der Waals surface area (Å²) in [4.78, 5) is 12.6. The maximum Gasteiger partial charge on any atom is 0.253 e. The number of carbonyl (C=O) groups excluding carboxylic acids is 1. The van der Waals surface area contributed by atoms with Gasteiger partial charge in [-0.3, -0.25) is 4.79 Å². The second kappa shape index (κ2) is 7.35. The first kappa shape index (κ1) is 17.8. The maximum absolute atomic E-state index is 12.6. The van der Waals surface area contributed by atoms with Crippen LogP contribution < -0.4 is 5.32 Å². The van der Waals surface area contributed by atoms with E-state index in [0.717, 1.165) is 27.8 Å². The Morgan fingerprint density at radius 2 is 1.78 bits per heavy atom. The number of hydrogen-bond acceptors (Lipinski definition) is 1. The normalized spacial score (nSPS) is 12.5. The zero-order chi connectivity index (χ0) is 17.1. The van der Waals surface area contributed by atoms with Gasteiger partial charge in [-0.25, -0.2) is 0 Å². The van der Waals surface area contributed by atoms with Crippen molar-refractivity contribution in [2.45, 2.75) is 53.1 Å². The SMILES string of the molecule is Cc1cc(C(=O)NC(C)Cc2ccc(Br)cc2)c(C)n1C(C)C. The summed E-state index contributed by atoms with van der Waals surface area (Å²) in [6.07, 6.45) is 0.821. The van der Waals surface area contributed by atoms with E-state index in [1.54, 1.807) is 0 Å². The topological polar surface area (TPSA) is 34.0 Å². The molecule has 1 atom stereocenters. The van der Waals surface area contributed by atoms with Crippen LogP contribution in [-0.2, 0) is 6.42 Å². The van der Waals surface area contributed by atoms with Crippen molar-refractivity contribution in [2.24, 2.45) is 0 Å². The van der Waals surface area contributed by atoms with E-state index >= 15 is 0 Å². The summed E-state index contributed by atoms with van der Waals surface area (Å²) in [5.74, 6) is 0.00890. The minimum absolute atomic E-state index is 0.00890. The van der Waals surface area contributed by atoms with Crippen LogP contribution in [0, 0.1) is 13.8 Å². The highest BCUT2D eigenvalue weighted by Gasteiger charge is 2.18. The van der Waals surface area contributed by atoms with Gasteiger partial charge in [0.1, 0.15) is 0 Å². The van der Waals surface area contributed by atoms with E-state index in [1.807, 2.05) is 32.0 Å². The Labute approximate surface area is 147 Å². The average Bonchev–Trinajstić information content (AvgIpc) is 2.76. The predicted octanol–water partition coefficient (Wildman–Crippen LogP) is 4.81. The molecule has 0 fully saturated rings. The lowest BCUT2D eigenvalue weighted by atomic mass is 10.1. The second-order valence-electron chi connectivity index (χ2n) is 6.45. The fraction of sp³-hybridized carbons (Fsp3) is 0.421. The molecule has 23 heavy (non-hydrogen) atoms. The number of amides is 1. The molecule has 1 unspecified atom stereocenters. The molecule has 0 aliphatic rings. The Balaban J connectivity index is 2.07. The van der Waals surface area contributed by atoms with Gasteiger partial charge in [0.15, 0.2) is 0 Å². The first-order chi connectivity index (χ1) is 10.8. The standard InChI is InChI=1S/C19H25BrN2O/c1-12(2)22-14(4)11-18(15(22)5)19(23)21-13(3)10-16-6-8-17(20)9-7-16/h6-9,11-13H,10H2,1-5H3,(H,21,23). The van der Waals surface area contributed by atoms with Crippen molar-refractivity contribution in [1.82, 2.24) is 9.88 Å². The van der Waals surface area contributed by atoms with Crippen molar-refractivity contribution >= 4 is 21.8 Å². The van der Waals surface area contributed by atoms with Gasteiger partial charge in [0.25, 0.3) is 5.91 Å². The summed E-state index contributed by atoms with van der Waals surface area (Å²) < 4.78 is 3.27. The number of aromatic nitrogens is 1. The molecule has 0 aliphatic carbocycles. The smallest absolute Gasteiger partial charge is 0.253 e. The zero-order valence-corrected chi connectivity index (χ0v) is 16.1. The molecule has 0 saturated carbocycles. The van der Waals surface area contributed by atoms with Crippen molar-refractivity contribution in [3.63, 3.8) is 0 Å². The van der Waals surface area contributed by atoms with Crippen LogP contribution in [0.2, 0.25) is 0 Å². The van der Waals surface area contributed by atoms with Crippen LogP contribution in [-0.4, -0.2) is 16.5 Å². The van der Waals surface area contributed by atoms with E-state index < -0.39 is 0 Å². The van der Waals surface area contributed by atoms with Crippen LogP contribution >= 0.6 is 15.9 Å². The van der Waals surface area contributed by atoms with Gasteiger partial charge >= 0.3 is 0 Å². The number of aryl methyl sites for hydroxylation is 1. The summed E-state index contributed by atoms with van der Waals surface area (Å²) in [5.41, 5.74) is 4.15. The number of carbonyl (C=O) groups is 1. The van der Waals surface area contributed by atoms with Crippen LogP contribution in [0.1, 0.15) is 54.1 Å². The van der Waals surface area contributed by atoms with Crippen LogP contribution in [0.15, 0.2) is 34.8 Å². The summed E-state index contributed by atoms with van der Waals surface area (Å²) in [5, 5.41) is 3.12. The highest BCUT2D eigenvalue weighted by Crippen LogP contribution is 2.20. The van der Waals surface area contributed by atoms with Crippen molar-refractivity contribution in [2.75, 3.05) is 0 Å². The second-order valence-corrected chi connectivity index (χ2v) is 7.37. The number of nitrogens with one attached hydrogen (secondary N) is 1. The van der Waals surface area contributed by atoms with Crippen LogP contribution in [0.3, 0.4) is 0 Å². The van der Waals surface area contributed by atoms with Crippen LogP contribution in [0.4, 0.5) is 0 Å². The fourth-order valence-electron chi connectivity index (χ4n) is 3.13. The van der Waals surface area contributed by atoms with Gasteiger partial charge in [-0.05, 0) is 64.8 Å². The number of hydrogen-bond donors (Lipinski definition) is 1. The van der Waals surface area contributed by atoms with E-state index in [0.29, 0.717) is 6.04 Å². The van der Waals surface area contributed by atoms with Crippen molar-refractivity contribution in [3.8, 4) is 0 Å². The molecule has 2 aromatic rings. The van der Waals surface area contributed by atoms with Crippen LogP contribution in [0.25, 0.3) is 0 Å². The molecule has 2 rings (SSSR count). The Hall–Kier alpha value is -1.55. The summed E-state index contributed by atoms with van der Waals surface area (Å²) in [6.45, 7) is 10.4. The largest absolute Gasteiger partial charge is 0.349 e. The monoisotopic (exact) mass is 376 g/mol. The van der Waals surface area contributed by atoms with Gasteiger partial charge in [-0.2, -0.15) is 0 Å². The van der Waals surface area contributed by atoms with Crippen LogP contribution in [0.5, 0.6) is 0 Å². The maximum atomic E-state index is 12.6. The Bertz CT molecular complexity index is 686. The van der Waals surface area contributed by atoms with E-state index in [1.165, 1.54) is 5.56 Å².